The van der Waals surface area contributed by atoms with Gasteiger partial charge in [0, 0.05) is 5.38 Å². The van der Waals surface area contributed by atoms with E-state index in [1.54, 1.807) is 13.0 Å². The van der Waals surface area contributed by atoms with E-state index in [0.29, 0.717) is 16.3 Å². The number of carbonyl (C=O) groups excluding carboxylic acids is 1. The third kappa shape index (κ3) is 4.20. The van der Waals surface area contributed by atoms with Crippen molar-refractivity contribution in [1.82, 2.24) is 10.4 Å². The lowest BCUT2D eigenvalue weighted by Crippen LogP contribution is -2.21. The van der Waals surface area contributed by atoms with E-state index in [4.69, 9.17) is 5.11 Å². The average molecular weight is 323 g/mol. The van der Waals surface area contributed by atoms with Crippen LogP contribution in [0.25, 0.3) is 0 Å². The molecular weight excluding hydrogens is 310 g/mol. The Labute approximate surface area is 129 Å². The van der Waals surface area contributed by atoms with Gasteiger partial charge < -0.3 is 5.11 Å². The van der Waals surface area contributed by atoms with Crippen molar-refractivity contribution in [3.8, 4) is 0 Å². The number of thiophene rings is 1. The van der Waals surface area contributed by atoms with E-state index in [0.717, 1.165) is 16.3 Å². The molecule has 0 radical (unpaired) electrons. The lowest BCUT2D eigenvalue weighted by Gasteiger charge is -1.99. The van der Waals surface area contributed by atoms with Gasteiger partial charge in [0.1, 0.15) is 4.88 Å². The molecule has 110 valence electrons. The molecule has 0 fully saturated rings. The van der Waals surface area contributed by atoms with Gasteiger partial charge in [0.05, 0.1) is 27.7 Å². The second-order valence-corrected chi connectivity index (χ2v) is 6.38. The van der Waals surface area contributed by atoms with E-state index in [2.05, 4.69) is 15.5 Å². The second-order valence-electron chi connectivity index (χ2n) is 4.24. The van der Waals surface area contributed by atoms with Gasteiger partial charge in [0.2, 0.25) is 5.91 Å². The van der Waals surface area contributed by atoms with E-state index in [9.17, 15) is 9.59 Å². The summed E-state index contributed by atoms with van der Waals surface area (Å²) in [5.74, 6) is -1.23. The number of nitrogens with one attached hydrogen (secondary N) is 1. The number of rotatable bonds is 5. The van der Waals surface area contributed by atoms with Gasteiger partial charge in [-0.05, 0) is 26.0 Å². The van der Waals surface area contributed by atoms with Crippen LogP contribution in [0.2, 0.25) is 0 Å². The van der Waals surface area contributed by atoms with Crippen LogP contribution in [-0.4, -0.2) is 27.7 Å². The van der Waals surface area contributed by atoms with Crippen molar-refractivity contribution < 1.29 is 14.7 Å². The first-order chi connectivity index (χ1) is 9.95. The van der Waals surface area contributed by atoms with Crippen molar-refractivity contribution in [2.45, 2.75) is 20.3 Å². The van der Waals surface area contributed by atoms with E-state index >= 15 is 0 Å². The molecule has 21 heavy (non-hydrogen) atoms. The molecule has 0 saturated heterocycles. The van der Waals surface area contributed by atoms with Crippen LogP contribution in [-0.2, 0) is 11.2 Å². The SMILES string of the molecule is C/C(=N/NC(=O)Cc1csc(C)n1)c1ccc(C(=O)O)s1. The van der Waals surface area contributed by atoms with Gasteiger partial charge in [-0.3, -0.25) is 4.79 Å². The van der Waals surface area contributed by atoms with Crippen LogP contribution in [0.15, 0.2) is 22.6 Å². The number of amides is 1. The number of carboxylic acids is 1. The lowest BCUT2D eigenvalue weighted by molar-refractivity contribution is -0.120. The number of carboxylic acid groups (broad SMARTS) is 1. The summed E-state index contributed by atoms with van der Waals surface area (Å²) in [6, 6.07) is 3.18. The van der Waals surface area contributed by atoms with E-state index in [1.807, 2.05) is 12.3 Å². The number of hydrazone groups is 1. The van der Waals surface area contributed by atoms with Crippen LogP contribution in [0.1, 0.15) is 32.2 Å². The highest BCUT2D eigenvalue weighted by molar-refractivity contribution is 7.15. The second kappa shape index (κ2) is 6.59. The van der Waals surface area contributed by atoms with Crippen molar-refractivity contribution in [3.63, 3.8) is 0 Å². The zero-order valence-electron chi connectivity index (χ0n) is 11.4. The summed E-state index contributed by atoms with van der Waals surface area (Å²) in [5.41, 5.74) is 3.73. The molecule has 0 spiro atoms. The van der Waals surface area contributed by atoms with Crippen molar-refractivity contribution in [1.29, 1.82) is 0 Å². The molecule has 2 rings (SSSR count). The molecule has 0 aromatic carbocycles. The molecule has 0 unspecified atom stereocenters. The Hall–Kier alpha value is -2.06. The van der Waals surface area contributed by atoms with Crippen molar-refractivity contribution >= 4 is 40.3 Å². The molecule has 2 aromatic rings. The van der Waals surface area contributed by atoms with Crippen LogP contribution in [0.3, 0.4) is 0 Å². The van der Waals surface area contributed by atoms with E-state index in [-0.39, 0.29) is 17.2 Å². The summed E-state index contributed by atoms with van der Waals surface area (Å²) in [6.45, 7) is 3.59. The minimum Gasteiger partial charge on any atom is -0.477 e. The Kier molecular flexibility index (Phi) is 4.81. The van der Waals surface area contributed by atoms with Gasteiger partial charge in [-0.2, -0.15) is 5.10 Å². The molecule has 0 aliphatic carbocycles. The standard InChI is InChI=1S/C13H13N3O3S2/c1-7(10-3-4-11(21-10)13(18)19)15-16-12(17)5-9-6-20-8(2)14-9/h3-4,6H,5H2,1-2H3,(H,16,17)(H,18,19)/b15-7-. The summed E-state index contributed by atoms with van der Waals surface area (Å²) >= 11 is 2.61. The number of nitrogens with zero attached hydrogens (tertiary/aromatic N) is 2. The smallest absolute Gasteiger partial charge is 0.345 e. The minimum atomic E-state index is -0.970. The summed E-state index contributed by atoms with van der Waals surface area (Å²) in [7, 11) is 0. The highest BCUT2D eigenvalue weighted by Crippen LogP contribution is 2.17. The Morgan fingerprint density at radius 1 is 1.38 bits per heavy atom. The first kappa shape index (κ1) is 15.3. The maximum absolute atomic E-state index is 11.7. The predicted octanol–water partition coefficient (Wildman–Crippen LogP) is 2.29. The fourth-order valence-corrected chi connectivity index (χ4v) is 2.94. The fourth-order valence-electron chi connectivity index (χ4n) is 1.54. The van der Waals surface area contributed by atoms with Crippen molar-refractivity contribution in [2.24, 2.45) is 5.10 Å². The Balaban J connectivity index is 1.95. The van der Waals surface area contributed by atoms with Gasteiger partial charge in [0.25, 0.3) is 0 Å². The molecule has 2 aromatic heterocycles. The van der Waals surface area contributed by atoms with Gasteiger partial charge >= 0.3 is 5.97 Å². The van der Waals surface area contributed by atoms with E-state index in [1.165, 1.54) is 17.4 Å². The van der Waals surface area contributed by atoms with Crippen LogP contribution in [0, 0.1) is 6.92 Å². The highest BCUT2D eigenvalue weighted by atomic mass is 32.1. The lowest BCUT2D eigenvalue weighted by atomic mass is 10.3. The van der Waals surface area contributed by atoms with Crippen LogP contribution < -0.4 is 5.43 Å². The topological polar surface area (TPSA) is 91.7 Å². The Bertz CT molecular complexity index is 703. The Morgan fingerprint density at radius 3 is 2.67 bits per heavy atom. The number of thiazole rings is 1. The molecule has 1 amide bonds. The normalized spacial score (nSPS) is 11.4. The van der Waals surface area contributed by atoms with E-state index < -0.39 is 5.97 Å². The summed E-state index contributed by atoms with van der Waals surface area (Å²) < 4.78 is 0. The number of aromatic nitrogens is 1. The monoisotopic (exact) mass is 323 g/mol. The number of hydrogen-bond acceptors (Lipinski definition) is 6. The predicted molar refractivity (Wildman–Crippen MR) is 82.2 cm³/mol. The Morgan fingerprint density at radius 2 is 2.10 bits per heavy atom. The largest absolute Gasteiger partial charge is 0.477 e. The van der Waals surface area contributed by atoms with Crippen molar-refractivity contribution in [3.05, 3.63) is 38.0 Å². The molecule has 8 heteroatoms. The molecule has 0 saturated carbocycles. The quantitative estimate of drug-likeness (QED) is 0.652. The molecule has 0 aliphatic heterocycles. The number of aromatic carboxylic acids is 1. The fraction of sp³-hybridized carbons (Fsp3) is 0.231. The van der Waals surface area contributed by atoms with Crippen LogP contribution >= 0.6 is 22.7 Å². The third-order valence-electron chi connectivity index (χ3n) is 2.53. The van der Waals surface area contributed by atoms with Crippen LogP contribution in [0.4, 0.5) is 0 Å². The average Bonchev–Trinajstić information content (AvgIpc) is 3.05. The van der Waals surface area contributed by atoms with Crippen LogP contribution in [0.5, 0.6) is 0 Å². The molecule has 6 nitrogen and oxygen atoms in total. The molecule has 2 N–H and O–H groups in total. The molecule has 2 heterocycles. The van der Waals surface area contributed by atoms with Gasteiger partial charge in [-0.25, -0.2) is 15.2 Å². The number of aryl methyl sites for hydroxylation is 1. The summed E-state index contributed by atoms with van der Waals surface area (Å²) in [6.07, 6.45) is 0.173. The number of carbonyl (C=O) groups is 2. The first-order valence-corrected chi connectivity index (χ1v) is 7.73. The molecule has 0 bridgehead atoms. The van der Waals surface area contributed by atoms with Crippen molar-refractivity contribution in [2.75, 3.05) is 0 Å². The third-order valence-corrected chi connectivity index (χ3v) is 4.53. The summed E-state index contributed by atoms with van der Waals surface area (Å²) in [4.78, 5) is 27.7. The highest BCUT2D eigenvalue weighted by Gasteiger charge is 2.10. The molecule has 0 aliphatic rings. The van der Waals surface area contributed by atoms with Gasteiger partial charge in [0.15, 0.2) is 0 Å². The first-order valence-electron chi connectivity index (χ1n) is 6.03. The summed E-state index contributed by atoms with van der Waals surface area (Å²) in [5, 5.41) is 15.6. The zero-order chi connectivity index (χ0) is 15.4. The maximum Gasteiger partial charge on any atom is 0.345 e. The number of hydrogen-bond donors (Lipinski definition) is 2. The van der Waals surface area contributed by atoms with Gasteiger partial charge in [-0.15, -0.1) is 22.7 Å². The zero-order valence-corrected chi connectivity index (χ0v) is 13.0. The molecular formula is C13H13N3O3S2. The molecule has 0 atom stereocenters. The minimum absolute atomic E-state index is 0.173. The van der Waals surface area contributed by atoms with Gasteiger partial charge in [-0.1, -0.05) is 0 Å². The maximum atomic E-state index is 11.7.